The third kappa shape index (κ3) is 3.79. The van der Waals surface area contributed by atoms with Crippen LogP contribution in [0.15, 0.2) is 71.7 Å². The van der Waals surface area contributed by atoms with Gasteiger partial charge in [0.1, 0.15) is 17.2 Å². The second-order valence-electron chi connectivity index (χ2n) is 8.20. The second kappa shape index (κ2) is 8.47. The van der Waals surface area contributed by atoms with Crippen LogP contribution in [0.5, 0.6) is 17.2 Å². The third-order valence-electron chi connectivity index (χ3n) is 6.08. The normalized spacial score (nSPS) is 11.2. The molecule has 34 heavy (non-hydrogen) atoms. The van der Waals surface area contributed by atoms with E-state index in [1.165, 1.54) is 10.6 Å². The van der Waals surface area contributed by atoms with E-state index in [2.05, 4.69) is 10.2 Å². The van der Waals surface area contributed by atoms with Crippen LogP contribution in [0.25, 0.3) is 28.0 Å². The Morgan fingerprint density at radius 3 is 2.53 bits per heavy atom. The molecule has 0 unspecified atom stereocenters. The molecule has 8 nitrogen and oxygen atoms in total. The Labute approximate surface area is 195 Å². The second-order valence-corrected chi connectivity index (χ2v) is 8.20. The molecule has 0 saturated heterocycles. The average Bonchev–Trinajstić information content (AvgIpc) is 3.41. The minimum atomic E-state index is -0.419. The highest BCUT2D eigenvalue weighted by molar-refractivity contribution is 5.82. The maximum Gasteiger partial charge on any atom is 0.348 e. The molecule has 0 amide bonds. The predicted octanol–water partition coefficient (Wildman–Crippen LogP) is 3.92. The van der Waals surface area contributed by atoms with Gasteiger partial charge in [0.25, 0.3) is 0 Å². The summed E-state index contributed by atoms with van der Waals surface area (Å²) in [6.07, 6.45) is 3.17. The smallest absolute Gasteiger partial charge is 0.348 e. The number of phenols is 2. The summed E-state index contributed by atoms with van der Waals surface area (Å²) in [5.41, 5.74) is 3.33. The topological polar surface area (TPSA) is 105 Å². The molecular weight excluding hydrogens is 432 g/mol. The zero-order valence-electron chi connectivity index (χ0n) is 18.8. The number of aromatic amines is 1. The van der Waals surface area contributed by atoms with Crippen molar-refractivity contribution in [1.29, 1.82) is 0 Å². The van der Waals surface area contributed by atoms with Crippen molar-refractivity contribution in [2.45, 2.75) is 12.8 Å². The van der Waals surface area contributed by atoms with E-state index in [-0.39, 0.29) is 17.3 Å². The molecule has 0 fully saturated rings. The minimum absolute atomic E-state index is 0.00935. The van der Waals surface area contributed by atoms with Crippen LogP contribution in [0.3, 0.4) is 0 Å². The number of ether oxygens (including phenoxy) is 1. The number of aromatic nitrogens is 4. The summed E-state index contributed by atoms with van der Waals surface area (Å²) in [5.74, 6) is 0.879. The highest BCUT2D eigenvalue weighted by Crippen LogP contribution is 2.35. The van der Waals surface area contributed by atoms with E-state index in [0.717, 1.165) is 22.2 Å². The predicted molar refractivity (Wildman–Crippen MR) is 130 cm³/mol. The number of methoxy groups -OCH3 is 1. The molecule has 2 heterocycles. The maximum atomic E-state index is 12.7. The SMILES string of the molecule is COc1ccc(CCc2cc(-c3n[nH]c(=O)n3-c3ccc4c(ccn4C)c3)c(O)cc2O)cc1. The van der Waals surface area contributed by atoms with Crippen molar-refractivity contribution in [3.8, 4) is 34.3 Å². The molecule has 172 valence electrons. The first-order chi connectivity index (χ1) is 16.4. The summed E-state index contributed by atoms with van der Waals surface area (Å²) < 4.78 is 8.62. The molecule has 0 atom stereocenters. The van der Waals surface area contributed by atoms with Crippen molar-refractivity contribution < 1.29 is 14.9 Å². The molecular formula is C26H24N4O4. The van der Waals surface area contributed by atoms with Crippen LogP contribution in [0.2, 0.25) is 0 Å². The molecule has 8 heteroatoms. The number of fused-ring (bicyclic) bond motifs is 1. The first-order valence-corrected chi connectivity index (χ1v) is 10.9. The van der Waals surface area contributed by atoms with Gasteiger partial charge >= 0.3 is 5.69 Å². The lowest BCUT2D eigenvalue weighted by molar-refractivity contribution is 0.414. The van der Waals surface area contributed by atoms with Gasteiger partial charge in [0.15, 0.2) is 5.82 Å². The number of aryl methyl sites for hydroxylation is 3. The minimum Gasteiger partial charge on any atom is -0.508 e. The van der Waals surface area contributed by atoms with Crippen molar-refractivity contribution in [2.24, 2.45) is 7.05 Å². The molecule has 2 aromatic heterocycles. The van der Waals surface area contributed by atoms with E-state index in [9.17, 15) is 15.0 Å². The van der Waals surface area contributed by atoms with Crippen molar-refractivity contribution in [3.05, 3.63) is 88.5 Å². The Morgan fingerprint density at radius 2 is 1.76 bits per heavy atom. The molecule has 0 aliphatic heterocycles. The Kier molecular flexibility index (Phi) is 5.33. The average molecular weight is 457 g/mol. The third-order valence-corrected chi connectivity index (χ3v) is 6.08. The van der Waals surface area contributed by atoms with Crippen LogP contribution >= 0.6 is 0 Å². The summed E-state index contributed by atoms with van der Waals surface area (Å²) in [5, 5.41) is 28.7. The van der Waals surface area contributed by atoms with E-state index in [1.54, 1.807) is 13.2 Å². The highest BCUT2D eigenvalue weighted by atomic mass is 16.5. The van der Waals surface area contributed by atoms with Gasteiger partial charge < -0.3 is 19.5 Å². The number of nitrogens with zero attached hydrogens (tertiary/aromatic N) is 3. The van der Waals surface area contributed by atoms with Gasteiger partial charge in [-0.2, -0.15) is 5.10 Å². The molecule has 0 bridgehead atoms. The van der Waals surface area contributed by atoms with Gasteiger partial charge in [-0.3, -0.25) is 0 Å². The first kappa shape index (κ1) is 21.4. The van der Waals surface area contributed by atoms with Crippen LogP contribution in [0.1, 0.15) is 11.1 Å². The zero-order valence-corrected chi connectivity index (χ0v) is 18.8. The molecule has 3 aromatic carbocycles. The number of phenolic OH excluding ortho intramolecular Hbond substituents is 2. The van der Waals surface area contributed by atoms with Gasteiger partial charge in [0.2, 0.25) is 0 Å². The number of aromatic hydroxyl groups is 2. The molecule has 0 spiro atoms. The van der Waals surface area contributed by atoms with Crippen LogP contribution in [-0.2, 0) is 19.9 Å². The Hall–Kier alpha value is -4.46. The Balaban J connectivity index is 1.52. The van der Waals surface area contributed by atoms with Crippen LogP contribution in [0, 0.1) is 0 Å². The van der Waals surface area contributed by atoms with Crippen LogP contribution in [0.4, 0.5) is 0 Å². The summed E-state index contributed by atoms with van der Waals surface area (Å²) in [6.45, 7) is 0. The molecule has 0 aliphatic rings. The first-order valence-electron chi connectivity index (χ1n) is 10.9. The summed E-state index contributed by atoms with van der Waals surface area (Å²) in [7, 11) is 3.58. The molecule has 0 saturated carbocycles. The number of H-pyrrole nitrogens is 1. The fourth-order valence-electron chi connectivity index (χ4n) is 4.20. The van der Waals surface area contributed by atoms with Gasteiger partial charge in [-0.05, 0) is 66.4 Å². The molecule has 3 N–H and O–H groups in total. The molecule has 5 aromatic rings. The van der Waals surface area contributed by atoms with Gasteiger partial charge in [0.05, 0.1) is 18.4 Å². The lowest BCUT2D eigenvalue weighted by Gasteiger charge is -2.12. The monoisotopic (exact) mass is 456 g/mol. The van der Waals surface area contributed by atoms with E-state index in [0.29, 0.717) is 29.7 Å². The number of rotatable bonds is 6. The maximum absolute atomic E-state index is 12.7. The van der Waals surface area contributed by atoms with E-state index in [1.807, 2.05) is 66.3 Å². The van der Waals surface area contributed by atoms with Crippen LogP contribution < -0.4 is 10.4 Å². The lowest BCUT2D eigenvalue weighted by Crippen LogP contribution is -2.15. The zero-order chi connectivity index (χ0) is 23.8. The number of benzene rings is 3. The summed E-state index contributed by atoms with van der Waals surface area (Å²) in [6, 6.07) is 18.4. The largest absolute Gasteiger partial charge is 0.508 e. The molecule has 0 radical (unpaired) electrons. The standard InChI is InChI=1S/C26H24N4O4/c1-29-12-11-17-13-19(7-10-22(17)29)30-25(27-28-26(30)33)21-14-18(23(31)15-24(21)32)6-3-16-4-8-20(34-2)9-5-16/h4-5,7-15,31-32H,3,6H2,1-2H3,(H,28,33). The van der Waals surface area contributed by atoms with Gasteiger partial charge in [-0.15, -0.1) is 0 Å². The lowest BCUT2D eigenvalue weighted by atomic mass is 10.0. The van der Waals surface area contributed by atoms with Gasteiger partial charge in [-0.25, -0.2) is 14.5 Å². The van der Waals surface area contributed by atoms with Crippen molar-refractivity contribution in [1.82, 2.24) is 19.3 Å². The fraction of sp³-hybridized carbons (Fsp3) is 0.154. The highest BCUT2D eigenvalue weighted by Gasteiger charge is 2.19. The summed E-state index contributed by atoms with van der Waals surface area (Å²) in [4.78, 5) is 12.7. The fourth-order valence-corrected chi connectivity index (χ4v) is 4.20. The molecule has 5 rings (SSSR count). The quantitative estimate of drug-likeness (QED) is 0.359. The van der Waals surface area contributed by atoms with Crippen molar-refractivity contribution in [2.75, 3.05) is 7.11 Å². The van der Waals surface area contributed by atoms with E-state index < -0.39 is 5.69 Å². The van der Waals surface area contributed by atoms with Crippen molar-refractivity contribution >= 4 is 10.9 Å². The van der Waals surface area contributed by atoms with Crippen molar-refractivity contribution in [3.63, 3.8) is 0 Å². The van der Waals surface area contributed by atoms with E-state index >= 15 is 0 Å². The number of nitrogens with one attached hydrogen (secondary N) is 1. The summed E-state index contributed by atoms with van der Waals surface area (Å²) >= 11 is 0. The number of hydrogen-bond acceptors (Lipinski definition) is 5. The van der Waals surface area contributed by atoms with E-state index in [4.69, 9.17) is 4.74 Å². The Bertz CT molecular complexity index is 1540. The molecule has 0 aliphatic carbocycles. The Morgan fingerprint density at radius 1 is 0.971 bits per heavy atom. The van der Waals surface area contributed by atoms with Crippen LogP contribution in [-0.4, -0.2) is 36.7 Å². The van der Waals surface area contributed by atoms with Gasteiger partial charge in [-0.1, -0.05) is 12.1 Å². The van der Waals surface area contributed by atoms with Gasteiger partial charge in [0, 0.05) is 30.2 Å². The number of hydrogen-bond donors (Lipinski definition) is 3.